The molecule has 0 spiro atoms. The van der Waals surface area contributed by atoms with Gasteiger partial charge in [-0.15, -0.1) is 0 Å². The molecule has 1 aliphatic carbocycles. The lowest BCUT2D eigenvalue weighted by atomic mass is 10.1. The van der Waals surface area contributed by atoms with Crippen LogP contribution in [0.5, 0.6) is 0 Å². The molecule has 4 heteroatoms. The van der Waals surface area contributed by atoms with Gasteiger partial charge < -0.3 is 5.32 Å². The average Bonchev–Trinajstić information content (AvgIpc) is 2.86. The second-order valence-corrected chi connectivity index (χ2v) is 5.08. The van der Waals surface area contributed by atoms with Gasteiger partial charge >= 0.3 is 0 Å². The van der Waals surface area contributed by atoms with Crippen LogP contribution in [0.15, 0.2) is 0 Å². The first-order valence-electron chi connectivity index (χ1n) is 6.50. The zero-order chi connectivity index (χ0) is 11.0. The summed E-state index contributed by atoms with van der Waals surface area (Å²) in [5.41, 5.74) is 0. The van der Waals surface area contributed by atoms with Gasteiger partial charge in [-0.2, -0.15) is 5.10 Å². The molecule has 3 rings (SSSR count). The Balaban J connectivity index is 1.75. The van der Waals surface area contributed by atoms with Crippen LogP contribution in [0.4, 0.5) is 0 Å². The van der Waals surface area contributed by atoms with Crippen molar-refractivity contribution in [2.75, 3.05) is 0 Å². The molecule has 1 aliphatic heterocycles. The lowest BCUT2D eigenvalue weighted by molar-refractivity contribution is 0.335. The van der Waals surface area contributed by atoms with Gasteiger partial charge in [0.25, 0.3) is 0 Å². The highest BCUT2D eigenvalue weighted by Gasteiger charge is 2.26. The van der Waals surface area contributed by atoms with E-state index in [0.29, 0.717) is 12.1 Å². The number of aromatic nitrogens is 3. The highest BCUT2D eigenvalue weighted by Crippen LogP contribution is 2.27. The predicted octanol–water partition coefficient (Wildman–Crippen LogP) is 1.95. The minimum absolute atomic E-state index is 0.443. The van der Waals surface area contributed by atoms with E-state index in [1.807, 2.05) is 6.92 Å². The van der Waals surface area contributed by atoms with E-state index in [4.69, 9.17) is 0 Å². The average molecular weight is 220 g/mol. The molecule has 2 aliphatic rings. The quantitative estimate of drug-likeness (QED) is 0.828. The summed E-state index contributed by atoms with van der Waals surface area (Å²) in [5.74, 6) is 2.07. The van der Waals surface area contributed by atoms with E-state index in [-0.39, 0.29) is 0 Å². The zero-order valence-electron chi connectivity index (χ0n) is 9.95. The molecule has 0 saturated heterocycles. The van der Waals surface area contributed by atoms with Crippen molar-refractivity contribution >= 4 is 0 Å². The van der Waals surface area contributed by atoms with E-state index < -0.39 is 0 Å². The summed E-state index contributed by atoms with van der Waals surface area (Å²) in [7, 11) is 0. The fourth-order valence-electron chi connectivity index (χ4n) is 3.00. The lowest BCUT2D eigenvalue weighted by Gasteiger charge is -2.26. The Morgan fingerprint density at radius 1 is 1.19 bits per heavy atom. The molecule has 0 bridgehead atoms. The molecule has 1 saturated carbocycles. The van der Waals surface area contributed by atoms with Crippen molar-refractivity contribution in [3.63, 3.8) is 0 Å². The SMILES string of the molecule is Cc1nc2n(n1)CCCC2NC1CCCC1. The van der Waals surface area contributed by atoms with Crippen molar-refractivity contribution in [3.05, 3.63) is 11.6 Å². The third-order valence-electron chi connectivity index (χ3n) is 3.77. The molecule has 88 valence electrons. The van der Waals surface area contributed by atoms with Crippen molar-refractivity contribution in [2.45, 2.75) is 64.1 Å². The maximum Gasteiger partial charge on any atom is 0.147 e. The summed E-state index contributed by atoms with van der Waals surface area (Å²) >= 11 is 0. The first-order chi connectivity index (χ1) is 7.83. The van der Waals surface area contributed by atoms with Crippen molar-refractivity contribution in [1.29, 1.82) is 0 Å². The van der Waals surface area contributed by atoms with Crippen molar-refractivity contribution in [2.24, 2.45) is 0 Å². The van der Waals surface area contributed by atoms with Gasteiger partial charge in [0, 0.05) is 12.6 Å². The molecule has 1 aromatic rings. The summed E-state index contributed by atoms with van der Waals surface area (Å²) in [6.45, 7) is 3.02. The highest BCUT2D eigenvalue weighted by atomic mass is 15.4. The molecular formula is C12H20N4. The fraction of sp³-hybridized carbons (Fsp3) is 0.833. The Hall–Kier alpha value is -0.900. The number of rotatable bonds is 2. The van der Waals surface area contributed by atoms with Crippen LogP contribution in [-0.4, -0.2) is 20.8 Å². The number of aryl methyl sites for hydroxylation is 2. The minimum Gasteiger partial charge on any atom is -0.305 e. The number of nitrogens with one attached hydrogen (secondary N) is 1. The zero-order valence-corrected chi connectivity index (χ0v) is 9.95. The predicted molar refractivity (Wildman–Crippen MR) is 62.1 cm³/mol. The summed E-state index contributed by atoms with van der Waals surface area (Å²) in [6.07, 6.45) is 7.88. The molecular weight excluding hydrogens is 200 g/mol. The molecule has 1 atom stereocenters. The Morgan fingerprint density at radius 3 is 2.81 bits per heavy atom. The van der Waals surface area contributed by atoms with Crippen molar-refractivity contribution in [3.8, 4) is 0 Å². The molecule has 16 heavy (non-hydrogen) atoms. The molecule has 1 unspecified atom stereocenters. The van der Waals surface area contributed by atoms with Gasteiger partial charge in [-0.05, 0) is 32.6 Å². The largest absolute Gasteiger partial charge is 0.305 e. The van der Waals surface area contributed by atoms with E-state index in [1.54, 1.807) is 0 Å². The van der Waals surface area contributed by atoms with Crippen LogP contribution in [0.3, 0.4) is 0 Å². The molecule has 0 radical (unpaired) electrons. The second kappa shape index (κ2) is 4.17. The van der Waals surface area contributed by atoms with E-state index >= 15 is 0 Å². The van der Waals surface area contributed by atoms with Crippen LogP contribution in [0.25, 0.3) is 0 Å². The summed E-state index contributed by atoms with van der Waals surface area (Å²) in [4.78, 5) is 4.56. The Labute approximate surface area is 96.4 Å². The second-order valence-electron chi connectivity index (χ2n) is 5.08. The van der Waals surface area contributed by atoms with Crippen LogP contribution < -0.4 is 5.32 Å². The van der Waals surface area contributed by atoms with Gasteiger partial charge in [-0.25, -0.2) is 9.67 Å². The summed E-state index contributed by atoms with van der Waals surface area (Å²) in [6, 6.07) is 1.16. The lowest BCUT2D eigenvalue weighted by Crippen LogP contribution is -2.34. The molecule has 1 fully saturated rings. The highest BCUT2D eigenvalue weighted by molar-refractivity contribution is 5.02. The molecule has 0 amide bonds. The van der Waals surface area contributed by atoms with E-state index in [9.17, 15) is 0 Å². The standard InChI is InChI=1S/C12H20N4/c1-9-13-12-11(7-4-8-16(12)15-9)14-10-5-2-3-6-10/h10-11,14H,2-8H2,1H3. The molecule has 0 aromatic carbocycles. The monoisotopic (exact) mass is 220 g/mol. The number of nitrogens with zero attached hydrogens (tertiary/aromatic N) is 3. The first kappa shape index (κ1) is 10.3. The first-order valence-corrected chi connectivity index (χ1v) is 6.50. The Bertz CT molecular complexity index is 365. The van der Waals surface area contributed by atoms with Gasteiger partial charge in [0.05, 0.1) is 6.04 Å². The summed E-state index contributed by atoms with van der Waals surface area (Å²) in [5, 5.41) is 8.21. The summed E-state index contributed by atoms with van der Waals surface area (Å²) < 4.78 is 2.09. The number of hydrogen-bond donors (Lipinski definition) is 1. The topological polar surface area (TPSA) is 42.7 Å². The molecule has 1 aromatic heterocycles. The van der Waals surface area contributed by atoms with Crippen LogP contribution in [-0.2, 0) is 6.54 Å². The van der Waals surface area contributed by atoms with Gasteiger partial charge in [-0.1, -0.05) is 12.8 Å². The van der Waals surface area contributed by atoms with Gasteiger partial charge in [-0.3, -0.25) is 0 Å². The van der Waals surface area contributed by atoms with Crippen LogP contribution in [0.1, 0.15) is 56.2 Å². The third-order valence-corrected chi connectivity index (χ3v) is 3.77. The van der Waals surface area contributed by atoms with Crippen LogP contribution in [0.2, 0.25) is 0 Å². The maximum atomic E-state index is 4.56. The minimum atomic E-state index is 0.443. The van der Waals surface area contributed by atoms with Gasteiger partial charge in [0.1, 0.15) is 11.6 Å². The van der Waals surface area contributed by atoms with E-state index in [0.717, 1.165) is 18.2 Å². The molecule has 4 nitrogen and oxygen atoms in total. The van der Waals surface area contributed by atoms with E-state index in [1.165, 1.54) is 38.5 Å². The fourth-order valence-corrected chi connectivity index (χ4v) is 3.00. The molecule has 1 N–H and O–H groups in total. The van der Waals surface area contributed by atoms with Crippen LogP contribution >= 0.6 is 0 Å². The van der Waals surface area contributed by atoms with Gasteiger partial charge in [0.15, 0.2) is 0 Å². The normalized spacial score (nSPS) is 25.9. The third kappa shape index (κ3) is 1.86. The number of hydrogen-bond acceptors (Lipinski definition) is 3. The Morgan fingerprint density at radius 2 is 2.00 bits per heavy atom. The van der Waals surface area contributed by atoms with Gasteiger partial charge in [0.2, 0.25) is 0 Å². The van der Waals surface area contributed by atoms with Crippen LogP contribution in [0, 0.1) is 6.92 Å². The Kier molecular flexibility index (Phi) is 2.67. The van der Waals surface area contributed by atoms with E-state index in [2.05, 4.69) is 20.1 Å². The van der Waals surface area contributed by atoms with Crippen molar-refractivity contribution in [1.82, 2.24) is 20.1 Å². The maximum absolute atomic E-state index is 4.56. The van der Waals surface area contributed by atoms with Crippen molar-refractivity contribution < 1.29 is 0 Å². The number of fused-ring (bicyclic) bond motifs is 1. The smallest absolute Gasteiger partial charge is 0.147 e. The molecule has 2 heterocycles.